The van der Waals surface area contributed by atoms with E-state index >= 15 is 0 Å². The zero-order valence-electron chi connectivity index (χ0n) is 13.4. The van der Waals surface area contributed by atoms with Crippen molar-refractivity contribution in [2.75, 3.05) is 13.2 Å². The Kier molecular flexibility index (Phi) is 4.44. The van der Waals surface area contributed by atoms with Crippen LogP contribution in [0.2, 0.25) is 0 Å². The van der Waals surface area contributed by atoms with Gasteiger partial charge in [-0.3, -0.25) is 9.88 Å². The molecule has 4 heteroatoms. The number of ether oxygens (including phenoxy) is 1. The third-order valence-corrected chi connectivity index (χ3v) is 4.98. The number of aromatic nitrogens is 1. The Bertz CT molecular complexity index is 595. The van der Waals surface area contributed by atoms with Crippen LogP contribution in [0.15, 0.2) is 47.3 Å². The third kappa shape index (κ3) is 3.82. The van der Waals surface area contributed by atoms with Gasteiger partial charge in [0.1, 0.15) is 5.76 Å². The molecule has 3 heterocycles. The second-order valence-electron chi connectivity index (χ2n) is 6.78. The predicted molar refractivity (Wildman–Crippen MR) is 87.9 cm³/mol. The van der Waals surface area contributed by atoms with Gasteiger partial charge in [-0.15, -0.1) is 0 Å². The summed E-state index contributed by atoms with van der Waals surface area (Å²) in [6.07, 6.45) is 10.7. The Balaban J connectivity index is 1.45. The van der Waals surface area contributed by atoms with Gasteiger partial charge in [-0.2, -0.15) is 0 Å². The molecule has 0 aromatic carbocycles. The molecule has 0 unspecified atom stereocenters. The summed E-state index contributed by atoms with van der Waals surface area (Å²) in [6.45, 7) is 2.88. The van der Waals surface area contributed by atoms with Gasteiger partial charge in [0.25, 0.3) is 0 Å². The lowest BCUT2D eigenvalue weighted by Gasteiger charge is -2.27. The molecule has 1 aliphatic carbocycles. The minimum Gasteiger partial charge on any atom is -0.468 e. The molecular formula is C19H24N2O2. The van der Waals surface area contributed by atoms with Crippen LogP contribution in [0.3, 0.4) is 0 Å². The average molecular weight is 312 g/mol. The highest BCUT2D eigenvalue weighted by Gasteiger charge is 2.36. The minimum absolute atomic E-state index is 0.332. The Morgan fingerprint density at radius 3 is 2.78 bits per heavy atom. The first kappa shape index (κ1) is 14.9. The maximum atomic E-state index is 6.27. The van der Waals surface area contributed by atoms with Crippen LogP contribution in [-0.2, 0) is 17.7 Å². The summed E-state index contributed by atoms with van der Waals surface area (Å²) in [5, 5.41) is 0. The van der Waals surface area contributed by atoms with Crippen molar-refractivity contribution in [2.45, 2.75) is 44.4 Å². The lowest BCUT2D eigenvalue weighted by Crippen LogP contribution is -2.38. The van der Waals surface area contributed by atoms with Crippen molar-refractivity contribution in [3.8, 4) is 0 Å². The molecule has 2 fully saturated rings. The van der Waals surface area contributed by atoms with Gasteiger partial charge in [0, 0.05) is 31.6 Å². The van der Waals surface area contributed by atoms with Gasteiger partial charge in [-0.1, -0.05) is 0 Å². The number of furan rings is 1. The summed E-state index contributed by atoms with van der Waals surface area (Å²) in [5.41, 5.74) is 1.33. The fraction of sp³-hybridized carbons (Fsp3) is 0.526. The van der Waals surface area contributed by atoms with Gasteiger partial charge in [0.15, 0.2) is 0 Å². The summed E-state index contributed by atoms with van der Waals surface area (Å²) >= 11 is 0. The monoisotopic (exact) mass is 312 g/mol. The van der Waals surface area contributed by atoms with Crippen molar-refractivity contribution >= 4 is 0 Å². The van der Waals surface area contributed by atoms with E-state index in [2.05, 4.69) is 28.1 Å². The SMILES string of the molecule is c1coc(CN2CC[C@@H](OCC3CC3)[C@H]2Cc2ccncc2)c1. The number of likely N-dealkylation sites (tertiary alicyclic amines) is 1. The molecule has 0 spiro atoms. The maximum absolute atomic E-state index is 6.27. The first-order chi connectivity index (χ1) is 11.4. The predicted octanol–water partition coefficient (Wildman–Crippen LogP) is 3.29. The number of hydrogen-bond acceptors (Lipinski definition) is 4. The molecule has 0 amide bonds. The highest BCUT2D eigenvalue weighted by atomic mass is 16.5. The number of pyridine rings is 1. The van der Waals surface area contributed by atoms with Gasteiger partial charge < -0.3 is 9.15 Å². The Hall–Kier alpha value is -1.65. The first-order valence-corrected chi connectivity index (χ1v) is 8.65. The molecule has 1 saturated carbocycles. The summed E-state index contributed by atoms with van der Waals surface area (Å²) in [5.74, 6) is 1.85. The molecule has 0 radical (unpaired) electrons. The summed E-state index contributed by atoms with van der Waals surface area (Å²) < 4.78 is 11.8. The molecule has 2 aromatic rings. The van der Waals surface area contributed by atoms with Gasteiger partial charge >= 0.3 is 0 Å². The van der Waals surface area contributed by atoms with Crippen LogP contribution < -0.4 is 0 Å². The van der Waals surface area contributed by atoms with E-state index in [1.54, 1.807) is 6.26 Å². The minimum atomic E-state index is 0.332. The zero-order valence-corrected chi connectivity index (χ0v) is 13.4. The molecule has 23 heavy (non-hydrogen) atoms. The molecule has 2 aliphatic rings. The van der Waals surface area contributed by atoms with Crippen LogP contribution >= 0.6 is 0 Å². The number of hydrogen-bond donors (Lipinski definition) is 0. The van der Waals surface area contributed by atoms with Crippen molar-refractivity contribution in [2.24, 2.45) is 5.92 Å². The van der Waals surface area contributed by atoms with Crippen molar-refractivity contribution in [1.82, 2.24) is 9.88 Å². The van der Waals surface area contributed by atoms with Crippen molar-refractivity contribution < 1.29 is 9.15 Å². The fourth-order valence-corrected chi connectivity index (χ4v) is 3.44. The van der Waals surface area contributed by atoms with Gasteiger partial charge in [-0.25, -0.2) is 0 Å². The van der Waals surface area contributed by atoms with Crippen molar-refractivity contribution in [3.63, 3.8) is 0 Å². The smallest absolute Gasteiger partial charge is 0.117 e. The van der Waals surface area contributed by atoms with E-state index in [1.807, 2.05) is 18.5 Å². The van der Waals surface area contributed by atoms with Crippen LogP contribution in [0.5, 0.6) is 0 Å². The molecule has 0 bridgehead atoms. The summed E-state index contributed by atoms with van der Waals surface area (Å²) in [4.78, 5) is 6.64. The maximum Gasteiger partial charge on any atom is 0.117 e. The zero-order chi connectivity index (χ0) is 15.5. The molecule has 4 rings (SSSR count). The van der Waals surface area contributed by atoms with E-state index in [9.17, 15) is 0 Å². The van der Waals surface area contributed by atoms with E-state index in [0.29, 0.717) is 12.1 Å². The van der Waals surface area contributed by atoms with Crippen molar-refractivity contribution in [1.29, 1.82) is 0 Å². The molecule has 1 saturated heterocycles. The normalized spacial score (nSPS) is 25.0. The van der Waals surface area contributed by atoms with E-state index in [4.69, 9.17) is 9.15 Å². The molecule has 2 aromatic heterocycles. The molecule has 4 nitrogen and oxygen atoms in total. The van der Waals surface area contributed by atoms with E-state index < -0.39 is 0 Å². The molecule has 122 valence electrons. The lowest BCUT2D eigenvalue weighted by atomic mass is 10.0. The fourth-order valence-electron chi connectivity index (χ4n) is 3.44. The highest BCUT2D eigenvalue weighted by Crippen LogP contribution is 2.32. The van der Waals surface area contributed by atoms with Crippen LogP contribution in [0.4, 0.5) is 0 Å². The highest BCUT2D eigenvalue weighted by molar-refractivity contribution is 5.13. The number of nitrogens with zero attached hydrogens (tertiary/aromatic N) is 2. The van der Waals surface area contributed by atoms with Crippen LogP contribution in [-0.4, -0.2) is 35.2 Å². The Morgan fingerprint density at radius 2 is 2.04 bits per heavy atom. The molecule has 0 N–H and O–H groups in total. The average Bonchev–Trinajstić information content (AvgIpc) is 3.13. The third-order valence-electron chi connectivity index (χ3n) is 4.98. The summed E-state index contributed by atoms with van der Waals surface area (Å²) in [7, 11) is 0. The van der Waals surface area contributed by atoms with Gasteiger partial charge in [0.05, 0.1) is 18.9 Å². The second-order valence-corrected chi connectivity index (χ2v) is 6.78. The van der Waals surface area contributed by atoms with Gasteiger partial charge in [-0.05, 0) is 61.4 Å². The van der Waals surface area contributed by atoms with Crippen molar-refractivity contribution in [3.05, 3.63) is 54.2 Å². The molecule has 2 atom stereocenters. The van der Waals surface area contributed by atoms with E-state index in [1.165, 1.54) is 18.4 Å². The lowest BCUT2D eigenvalue weighted by molar-refractivity contribution is 0.0187. The topological polar surface area (TPSA) is 38.5 Å². The Labute approximate surface area is 137 Å². The van der Waals surface area contributed by atoms with E-state index in [-0.39, 0.29) is 0 Å². The van der Waals surface area contributed by atoms with Gasteiger partial charge in [0.2, 0.25) is 0 Å². The first-order valence-electron chi connectivity index (χ1n) is 8.65. The largest absolute Gasteiger partial charge is 0.468 e. The summed E-state index contributed by atoms with van der Waals surface area (Å²) in [6, 6.07) is 8.66. The quantitative estimate of drug-likeness (QED) is 0.786. The standard InChI is InChI=1S/C19H24N2O2/c1-2-17(22-11-1)13-21-10-7-19(23-14-16-3-4-16)18(21)12-15-5-8-20-9-6-15/h1-2,5-6,8-9,11,16,18-19H,3-4,7,10,12-14H2/t18-,19-/m1/s1. The number of rotatable bonds is 7. The molecular weight excluding hydrogens is 288 g/mol. The second kappa shape index (κ2) is 6.85. The molecule has 1 aliphatic heterocycles. The van der Waals surface area contributed by atoms with E-state index in [0.717, 1.165) is 44.2 Å². The van der Waals surface area contributed by atoms with Crippen LogP contribution in [0.25, 0.3) is 0 Å². The van der Waals surface area contributed by atoms with Crippen LogP contribution in [0.1, 0.15) is 30.6 Å². The van der Waals surface area contributed by atoms with Crippen LogP contribution in [0, 0.1) is 5.92 Å². The Morgan fingerprint density at radius 1 is 1.17 bits per heavy atom.